The smallest absolute Gasteiger partial charge is 1.00 e. The Kier molecular flexibility index (Phi) is 27.9. The summed E-state index contributed by atoms with van der Waals surface area (Å²) in [6.45, 7) is 4.39. The van der Waals surface area contributed by atoms with Crippen LogP contribution in [0.1, 0.15) is 169 Å². The van der Waals surface area contributed by atoms with E-state index in [9.17, 15) is 32.8 Å². The van der Waals surface area contributed by atoms with Gasteiger partial charge >= 0.3 is 63.3 Å². The maximum Gasteiger partial charge on any atom is 1.00 e. The van der Waals surface area contributed by atoms with Gasteiger partial charge in [0.05, 0.1) is 5.92 Å². The fourth-order valence-electron chi connectivity index (χ4n) is 5.47. The minimum Gasteiger partial charge on any atom is -1.00 e. The second kappa shape index (κ2) is 26.1. The molecule has 39 heavy (non-hydrogen) atoms. The average molecular weight is 603 g/mol. The van der Waals surface area contributed by atoms with E-state index in [4.69, 9.17) is 0 Å². The second-order valence-electron chi connectivity index (χ2n) is 11.2. The van der Waals surface area contributed by atoms with Crippen molar-refractivity contribution >= 4 is 22.1 Å². The van der Waals surface area contributed by atoms with Crippen molar-refractivity contribution in [2.45, 2.75) is 173 Å². The predicted molar refractivity (Wildman–Crippen MR) is 156 cm³/mol. The van der Waals surface area contributed by atoms with Crippen molar-refractivity contribution in [3.63, 3.8) is 0 Å². The number of aliphatic carboxylic acids is 2. The van der Waals surface area contributed by atoms with Crippen LogP contribution in [0.25, 0.3) is 0 Å². The van der Waals surface area contributed by atoms with Gasteiger partial charge < -0.3 is 11.6 Å². The number of rotatable bonds is 28. The molecule has 2 atom stereocenters. The Morgan fingerprint density at radius 2 is 0.923 bits per heavy atom. The Morgan fingerprint density at radius 3 is 1.21 bits per heavy atom. The molecule has 0 spiro atoms. The van der Waals surface area contributed by atoms with Gasteiger partial charge in [0, 0.05) is 0 Å². The number of carboxylic acids is 2. The van der Waals surface area contributed by atoms with Crippen molar-refractivity contribution in [3.05, 3.63) is 0 Å². The number of hydrogen-bond acceptors (Lipinski definition) is 4. The van der Waals surface area contributed by atoms with Crippen LogP contribution in [-0.2, 0) is 19.7 Å². The van der Waals surface area contributed by atoms with E-state index in [2.05, 4.69) is 13.8 Å². The molecule has 0 saturated heterocycles. The van der Waals surface area contributed by atoms with Gasteiger partial charge in [-0.1, -0.05) is 155 Å². The molecule has 0 aliphatic carbocycles. The van der Waals surface area contributed by atoms with E-state index in [-0.39, 0.29) is 72.1 Å². The van der Waals surface area contributed by atoms with Crippen LogP contribution in [0.3, 0.4) is 0 Å². The molecule has 0 heterocycles. The van der Waals surface area contributed by atoms with Crippen molar-refractivity contribution in [2.75, 3.05) is 0 Å². The Balaban J connectivity index is -0.00000684. The normalized spacial score (nSPS) is 13.9. The van der Waals surface area contributed by atoms with Crippen molar-refractivity contribution in [1.82, 2.24) is 0 Å². The summed E-state index contributed by atoms with van der Waals surface area (Å²) in [6, 6.07) is 0. The van der Waals surface area contributed by atoms with E-state index >= 15 is 0 Å². The zero-order valence-electron chi connectivity index (χ0n) is 26.4. The first-order valence-corrected chi connectivity index (χ1v) is 17.0. The van der Waals surface area contributed by atoms with Crippen LogP contribution in [0.4, 0.5) is 0 Å². The quantitative estimate of drug-likeness (QED) is 0.0576. The molecular formula is C30H59KO7S. The molecule has 3 N–H and O–H groups in total. The fraction of sp³-hybridized carbons (Fsp3) is 0.933. The molecule has 0 fully saturated rings. The van der Waals surface area contributed by atoms with Gasteiger partial charge in [-0.25, -0.2) is 0 Å². The van der Waals surface area contributed by atoms with Crippen LogP contribution in [0.5, 0.6) is 0 Å². The molecule has 0 aromatic heterocycles. The first-order valence-electron chi connectivity index (χ1n) is 15.6. The molecule has 0 amide bonds. The molecule has 0 aromatic carbocycles. The topological polar surface area (TPSA) is 129 Å². The molecule has 0 rings (SSSR count). The van der Waals surface area contributed by atoms with E-state index in [1.54, 1.807) is 0 Å². The summed E-state index contributed by atoms with van der Waals surface area (Å²) in [5, 5.41) is 19.7. The van der Waals surface area contributed by atoms with Gasteiger partial charge in [-0.2, -0.15) is 8.42 Å². The molecule has 0 bridgehead atoms. The number of carboxylic acid groups (broad SMARTS) is 2. The summed E-state index contributed by atoms with van der Waals surface area (Å²) in [5.41, 5.74) is 0. The minimum atomic E-state index is -5.13. The van der Waals surface area contributed by atoms with E-state index in [0.717, 1.165) is 51.4 Å². The molecule has 0 aromatic rings. The summed E-state index contributed by atoms with van der Waals surface area (Å²) >= 11 is 0. The standard InChI is InChI=1S/C30H58O7S.K.H/c1-3-5-7-9-11-13-15-17-19-21-23-25-27(28(31)32)30(29(33)34,38(35,36)37)26-24-22-20-18-16-14-12-10-8-6-4-2;;/h27H,3-26H2,1-2H3,(H,31,32)(H,33,34)(H,35,36,37);;/q;+1;-1. The molecule has 0 saturated carbocycles. The van der Waals surface area contributed by atoms with Crippen LogP contribution in [0, 0.1) is 5.92 Å². The Morgan fingerprint density at radius 1 is 0.615 bits per heavy atom. The third kappa shape index (κ3) is 18.6. The number of unbranched alkanes of at least 4 members (excludes halogenated alkanes) is 20. The van der Waals surface area contributed by atoms with Crippen LogP contribution >= 0.6 is 0 Å². The van der Waals surface area contributed by atoms with E-state index in [1.165, 1.54) is 70.6 Å². The molecule has 228 valence electrons. The maximum absolute atomic E-state index is 12.4. The van der Waals surface area contributed by atoms with Crippen LogP contribution in [-0.4, -0.2) is 39.9 Å². The third-order valence-electron chi connectivity index (χ3n) is 7.93. The van der Waals surface area contributed by atoms with Gasteiger partial charge in [-0.3, -0.25) is 14.1 Å². The van der Waals surface area contributed by atoms with Crippen LogP contribution in [0.2, 0.25) is 0 Å². The predicted octanol–water partition coefficient (Wildman–Crippen LogP) is 5.92. The van der Waals surface area contributed by atoms with Gasteiger partial charge in [0.2, 0.25) is 4.75 Å². The van der Waals surface area contributed by atoms with E-state index < -0.39 is 32.7 Å². The third-order valence-corrected chi connectivity index (χ3v) is 9.52. The summed E-state index contributed by atoms with van der Waals surface area (Å²) in [6.07, 6.45) is 22.4. The first-order chi connectivity index (χ1) is 18.1. The van der Waals surface area contributed by atoms with Crippen molar-refractivity contribution < 1.29 is 85.6 Å². The molecule has 0 radical (unpaired) electrons. The van der Waals surface area contributed by atoms with Gasteiger partial charge in [-0.15, -0.1) is 0 Å². The molecule has 9 heteroatoms. The summed E-state index contributed by atoms with van der Waals surface area (Å²) in [4.78, 5) is 24.3. The van der Waals surface area contributed by atoms with E-state index in [1.807, 2.05) is 0 Å². The van der Waals surface area contributed by atoms with Crippen LogP contribution < -0.4 is 51.4 Å². The van der Waals surface area contributed by atoms with Crippen molar-refractivity contribution in [2.24, 2.45) is 5.92 Å². The molecule has 0 aliphatic heterocycles. The Labute approximate surface area is 283 Å². The van der Waals surface area contributed by atoms with Gasteiger partial charge in [-0.05, 0) is 12.8 Å². The van der Waals surface area contributed by atoms with Crippen molar-refractivity contribution in [1.29, 1.82) is 0 Å². The first kappa shape index (κ1) is 41.6. The molecule has 0 aliphatic rings. The minimum absolute atomic E-state index is 0. The zero-order valence-corrected chi connectivity index (χ0v) is 29.4. The molecular weight excluding hydrogens is 543 g/mol. The second-order valence-corrected chi connectivity index (χ2v) is 12.8. The monoisotopic (exact) mass is 602 g/mol. The largest absolute Gasteiger partial charge is 1.00 e. The zero-order chi connectivity index (χ0) is 28.7. The van der Waals surface area contributed by atoms with Gasteiger partial charge in [0.15, 0.2) is 0 Å². The van der Waals surface area contributed by atoms with E-state index in [0.29, 0.717) is 12.8 Å². The molecule has 7 nitrogen and oxygen atoms in total. The SMILES string of the molecule is CCCCCCCCCCCCCC(C(=O)O)C(CCCCCCCCCCCCC)(C(=O)O)S(=O)(=O)O.[H-].[K+]. The maximum atomic E-state index is 12.4. The number of hydrogen-bond donors (Lipinski definition) is 3. The fourth-order valence-corrected chi connectivity index (χ4v) is 6.67. The van der Waals surface area contributed by atoms with Crippen LogP contribution in [0.15, 0.2) is 0 Å². The van der Waals surface area contributed by atoms with Gasteiger partial charge in [0.1, 0.15) is 0 Å². The van der Waals surface area contributed by atoms with Crippen molar-refractivity contribution in [3.8, 4) is 0 Å². The number of carbonyl (C=O) groups is 2. The average Bonchev–Trinajstić information content (AvgIpc) is 2.85. The Bertz CT molecular complexity index is 721. The summed E-state index contributed by atoms with van der Waals surface area (Å²) < 4.78 is 32.0. The molecule has 2 unspecified atom stereocenters. The summed E-state index contributed by atoms with van der Waals surface area (Å²) in [7, 11) is -5.13. The summed E-state index contributed by atoms with van der Waals surface area (Å²) in [5.74, 6) is -4.90. The Hall–Kier alpha value is 0.486. The van der Waals surface area contributed by atoms with Gasteiger partial charge in [0.25, 0.3) is 10.1 Å².